The highest BCUT2D eigenvalue weighted by Crippen LogP contribution is 2.13. The fraction of sp³-hybridized carbons (Fsp3) is 0.444. The molecule has 1 aliphatic rings. The molecule has 8 nitrogen and oxygen atoms in total. The molecular weight excluding hydrogens is 404 g/mol. The van der Waals surface area contributed by atoms with Gasteiger partial charge in [-0.15, -0.1) is 0 Å². The Bertz CT molecular complexity index is 942. The average molecular weight is 427 g/mol. The normalized spacial score (nSPS) is 16.2. The minimum Gasteiger partial charge on any atom is -0.364 e. The Morgan fingerprint density at radius 3 is 2.66 bits per heavy atom. The summed E-state index contributed by atoms with van der Waals surface area (Å²) < 4.78 is 58.1. The van der Waals surface area contributed by atoms with Gasteiger partial charge < -0.3 is 14.7 Å². The van der Waals surface area contributed by atoms with Crippen molar-refractivity contribution in [3.05, 3.63) is 53.4 Å². The minimum atomic E-state index is -3.48. The predicted octanol–water partition coefficient (Wildman–Crippen LogP) is 1.22. The molecule has 0 bridgehead atoms. The van der Waals surface area contributed by atoms with Crippen LogP contribution in [-0.2, 0) is 22.2 Å². The summed E-state index contributed by atoms with van der Waals surface area (Å²) in [7, 11) is -1.85. The average Bonchev–Trinajstić information content (AvgIpc) is 3.20. The van der Waals surface area contributed by atoms with Gasteiger partial charge in [0.2, 0.25) is 10.0 Å². The molecule has 2 heterocycles. The lowest BCUT2D eigenvalue weighted by Gasteiger charge is -2.35. The quantitative estimate of drug-likeness (QED) is 0.551. The molecule has 1 fully saturated rings. The highest BCUT2D eigenvalue weighted by atomic mass is 32.2. The molecule has 1 aromatic heterocycles. The molecule has 1 aromatic carbocycles. The summed E-state index contributed by atoms with van der Waals surface area (Å²) in [5.74, 6) is -0.534. The van der Waals surface area contributed by atoms with Crippen molar-refractivity contribution >= 4 is 16.0 Å². The number of aromatic nitrogens is 1. The number of halogens is 2. The lowest BCUT2D eigenvalue weighted by atomic mass is 10.1. The number of hydrogen-bond donors (Lipinski definition) is 1. The second-order valence-electron chi connectivity index (χ2n) is 6.59. The van der Waals surface area contributed by atoms with Crippen molar-refractivity contribution in [3.63, 3.8) is 0 Å². The van der Waals surface area contributed by atoms with Crippen LogP contribution in [0.25, 0.3) is 0 Å². The molecule has 0 unspecified atom stereocenters. The molecule has 1 aliphatic heterocycles. The van der Waals surface area contributed by atoms with Crippen LogP contribution in [0.5, 0.6) is 0 Å². The molecule has 3 rings (SSSR count). The number of hydrogen-bond acceptors (Lipinski definition) is 5. The summed E-state index contributed by atoms with van der Waals surface area (Å²) in [6.07, 6.45) is 1.64. The number of rotatable bonds is 6. The molecule has 0 saturated carbocycles. The van der Waals surface area contributed by atoms with Crippen molar-refractivity contribution in [2.45, 2.75) is 12.2 Å². The van der Waals surface area contributed by atoms with Gasteiger partial charge in [0.05, 0.1) is 5.69 Å². The van der Waals surface area contributed by atoms with E-state index in [1.54, 1.807) is 7.05 Å². The first-order valence-electron chi connectivity index (χ1n) is 9.15. The van der Waals surface area contributed by atoms with Crippen LogP contribution in [-0.4, -0.2) is 68.5 Å². The SMILES string of the molecule is CN=C(NCCc1cc(F)ccc1F)N1CCN(S(=O)(=O)Cc2ccon2)CC1. The molecule has 0 amide bonds. The van der Waals surface area contributed by atoms with E-state index in [9.17, 15) is 17.2 Å². The van der Waals surface area contributed by atoms with Gasteiger partial charge in [0.1, 0.15) is 23.7 Å². The van der Waals surface area contributed by atoms with Gasteiger partial charge in [-0.05, 0) is 30.2 Å². The van der Waals surface area contributed by atoms with Gasteiger partial charge in [0, 0.05) is 45.8 Å². The third kappa shape index (κ3) is 5.51. The third-order valence-corrected chi connectivity index (χ3v) is 6.46. The van der Waals surface area contributed by atoms with Crippen molar-refractivity contribution in [1.82, 2.24) is 19.7 Å². The maximum Gasteiger partial charge on any atom is 0.220 e. The number of nitrogens with zero attached hydrogens (tertiary/aromatic N) is 4. The maximum absolute atomic E-state index is 13.7. The second kappa shape index (κ2) is 9.31. The van der Waals surface area contributed by atoms with E-state index < -0.39 is 21.7 Å². The Morgan fingerprint density at radius 2 is 2.00 bits per heavy atom. The van der Waals surface area contributed by atoms with Gasteiger partial charge in [-0.25, -0.2) is 17.2 Å². The van der Waals surface area contributed by atoms with Crippen LogP contribution in [0, 0.1) is 11.6 Å². The Hall–Kier alpha value is -2.53. The van der Waals surface area contributed by atoms with E-state index in [1.165, 1.54) is 22.7 Å². The Labute approximate surface area is 168 Å². The Morgan fingerprint density at radius 1 is 1.24 bits per heavy atom. The smallest absolute Gasteiger partial charge is 0.220 e. The summed E-state index contributed by atoms with van der Waals surface area (Å²) in [6.45, 7) is 1.94. The van der Waals surface area contributed by atoms with E-state index in [2.05, 4.69) is 20.0 Å². The summed E-state index contributed by atoms with van der Waals surface area (Å²) in [5.41, 5.74) is 0.659. The second-order valence-corrected chi connectivity index (χ2v) is 8.56. The summed E-state index contributed by atoms with van der Waals surface area (Å²) in [5, 5.41) is 6.77. The van der Waals surface area contributed by atoms with Crippen LogP contribution in [0.1, 0.15) is 11.3 Å². The molecular formula is C18H23F2N5O3S. The van der Waals surface area contributed by atoms with Gasteiger partial charge in [0.25, 0.3) is 0 Å². The molecule has 158 valence electrons. The van der Waals surface area contributed by atoms with Crippen LogP contribution in [0.15, 0.2) is 40.0 Å². The fourth-order valence-electron chi connectivity index (χ4n) is 3.14. The zero-order valence-corrected chi connectivity index (χ0v) is 16.8. The first kappa shape index (κ1) is 21.2. The zero-order chi connectivity index (χ0) is 20.9. The topological polar surface area (TPSA) is 91.0 Å². The number of nitrogens with one attached hydrogen (secondary N) is 1. The fourth-order valence-corrected chi connectivity index (χ4v) is 4.57. The van der Waals surface area contributed by atoms with Gasteiger partial charge in [-0.1, -0.05) is 5.16 Å². The molecule has 1 N–H and O–H groups in total. The first-order chi connectivity index (χ1) is 13.9. The molecule has 0 atom stereocenters. The molecule has 0 aliphatic carbocycles. The zero-order valence-electron chi connectivity index (χ0n) is 16.0. The van der Waals surface area contributed by atoms with Crippen molar-refractivity contribution in [2.24, 2.45) is 4.99 Å². The van der Waals surface area contributed by atoms with E-state index in [4.69, 9.17) is 0 Å². The van der Waals surface area contributed by atoms with Gasteiger partial charge >= 0.3 is 0 Å². The minimum absolute atomic E-state index is 0.199. The monoisotopic (exact) mass is 427 g/mol. The van der Waals surface area contributed by atoms with E-state index in [0.29, 0.717) is 50.8 Å². The lowest BCUT2D eigenvalue weighted by molar-refractivity contribution is 0.260. The number of aliphatic imine (C=N–C) groups is 1. The molecule has 29 heavy (non-hydrogen) atoms. The first-order valence-corrected chi connectivity index (χ1v) is 10.8. The van der Waals surface area contributed by atoms with Gasteiger partial charge in [-0.3, -0.25) is 4.99 Å². The van der Waals surface area contributed by atoms with E-state index in [0.717, 1.165) is 12.1 Å². The predicted molar refractivity (Wildman–Crippen MR) is 104 cm³/mol. The number of benzene rings is 1. The molecule has 11 heteroatoms. The summed E-state index contributed by atoms with van der Waals surface area (Å²) in [4.78, 5) is 6.14. The molecule has 1 saturated heterocycles. The van der Waals surface area contributed by atoms with Crippen molar-refractivity contribution < 1.29 is 21.7 Å². The highest BCUT2D eigenvalue weighted by Gasteiger charge is 2.28. The highest BCUT2D eigenvalue weighted by molar-refractivity contribution is 7.88. The number of piperazine rings is 1. The van der Waals surface area contributed by atoms with Crippen molar-refractivity contribution in [1.29, 1.82) is 0 Å². The lowest BCUT2D eigenvalue weighted by Crippen LogP contribution is -2.54. The van der Waals surface area contributed by atoms with Crippen LogP contribution >= 0.6 is 0 Å². The van der Waals surface area contributed by atoms with E-state index in [-0.39, 0.29) is 11.3 Å². The standard InChI is InChI=1S/C18H23F2N5O3S/c1-21-18(22-6-4-14-12-15(19)2-3-17(14)20)24-7-9-25(10-8-24)29(26,27)13-16-5-11-28-23-16/h2-3,5,11-12H,4,6-10,13H2,1H3,(H,21,22). The van der Waals surface area contributed by atoms with Crippen LogP contribution in [0.3, 0.4) is 0 Å². The largest absolute Gasteiger partial charge is 0.364 e. The maximum atomic E-state index is 13.7. The third-order valence-electron chi connectivity index (χ3n) is 4.65. The molecule has 2 aromatic rings. The van der Waals surface area contributed by atoms with E-state index >= 15 is 0 Å². The van der Waals surface area contributed by atoms with E-state index in [1.807, 2.05) is 4.90 Å². The molecule has 0 spiro atoms. The summed E-state index contributed by atoms with van der Waals surface area (Å²) in [6, 6.07) is 4.90. The molecule has 0 radical (unpaired) electrons. The number of guanidine groups is 1. The van der Waals surface area contributed by atoms with Gasteiger partial charge in [-0.2, -0.15) is 4.31 Å². The Balaban J connectivity index is 1.50. The summed E-state index contributed by atoms with van der Waals surface area (Å²) >= 11 is 0. The Kier molecular flexibility index (Phi) is 6.80. The number of sulfonamides is 1. The van der Waals surface area contributed by atoms with Crippen molar-refractivity contribution in [2.75, 3.05) is 39.8 Å². The van der Waals surface area contributed by atoms with Crippen LogP contribution in [0.2, 0.25) is 0 Å². The van der Waals surface area contributed by atoms with Gasteiger partial charge in [0.15, 0.2) is 5.96 Å². The van der Waals surface area contributed by atoms with Crippen molar-refractivity contribution in [3.8, 4) is 0 Å². The van der Waals surface area contributed by atoms with Crippen LogP contribution < -0.4 is 5.32 Å². The van der Waals surface area contributed by atoms with Crippen LogP contribution in [0.4, 0.5) is 8.78 Å².